The van der Waals surface area contributed by atoms with Gasteiger partial charge in [-0.25, -0.2) is 4.98 Å². The highest BCUT2D eigenvalue weighted by Gasteiger charge is 2.13. The van der Waals surface area contributed by atoms with E-state index < -0.39 is 0 Å². The Morgan fingerprint density at radius 3 is 2.42 bits per heavy atom. The predicted octanol–water partition coefficient (Wildman–Crippen LogP) is 3.51. The van der Waals surface area contributed by atoms with Gasteiger partial charge < -0.3 is 10.2 Å². The number of nitrogens with zero attached hydrogens (tertiary/aromatic N) is 2. The summed E-state index contributed by atoms with van der Waals surface area (Å²) >= 11 is 0. The van der Waals surface area contributed by atoms with E-state index in [1.165, 1.54) is 12.0 Å². The Kier molecular flexibility index (Phi) is 6.85. The molecule has 0 aliphatic carbocycles. The molecule has 0 atom stereocenters. The molecule has 0 aromatic carbocycles. The van der Waals surface area contributed by atoms with Crippen LogP contribution in [0.1, 0.15) is 51.3 Å². The Morgan fingerprint density at radius 2 is 1.89 bits per heavy atom. The first-order chi connectivity index (χ1) is 9.13. The van der Waals surface area contributed by atoms with E-state index in [0.29, 0.717) is 6.04 Å². The van der Waals surface area contributed by atoms with Crippen LogP contribution in [0.5, 0.6) is 0 Å². The zero-order chi connectivity index (χ0) is 14.3. The Bertz CT molecular complexity index is 372. The summed E-state index contributed by atoms with van der Waals surface area (Å²) in [6.07, 6.45) is 3.49. The number of pyridine rings is 1. The van der Waals surface area contributed by atoms with Gasteiger partial charge in [0.25, 0.3) is 0 Å². The van der Waals surface area contributed by atoms with Crippen LogP contribution in [0, 0.1) is 6.92 Å². The first-order valence-corrected chi connectivity index (χ1v) is 7.54. The molecule has 0 aliphatic rings. The second-order valence-corrected chi connectivity index (χ2v) is 5.17. The van der Waals surface area contributed by atoms with Gasteiger partial charge in [0.1, 0.15) is 5.82 Å². The summed E-state index contributed by atoms with van der Waals surface area (Å²) in [4.78, 5) is 7.06. The highest BCUT2D eigenvalue weighted by Crippen LogP contribution is 2.18. The summed E-state index contributed by atoms with van der Waals surface area (Å²) in [5.41, 5.74) is 2.44. The molecule has 1 aromatic rings. The zero-order valence-electron chi connectivity index (χ0n) is 13.2. The number of aryl methyl sites for hydroxylation is 1. The first kappa shape index (κ1) is 16.0. The lowest BCUT2D eigenvalue weighted by Gasteiger charge is -2.27. The number of anilines is 1. The van der Waals surface area contributed by atoms with Gasteiger partial charge in [-0.3, -0.25) is 0 Å². The molecule has 0 saturated heterocycles. The molecule has 1 rings (SSSR count). The van der Waals surface area contributed by atoms with Gasteiger partial charge in [0.2, 0.25) is 0 Å². The van der Waals surface area contributed by atoms with Gasteiger partial charge in [-0.2, -0.15) is 0 Å². The average Bonchev–Trinajstić information content (AvgIpc) is 2.42. The molecule has 3 heteroatoms. The quantitative estimate of drug-likeness (QED) is 0.727. The van der Waals surface area contributed by atoms with Crippen molar-refractivity contribution < 1.29 is 0 Å². The number of aromatic nitrogens is 1. The average molecular weight is 263 g/mol. The SMILES string of the molecule is CCCNCc1ccc(N(C)C(CC)CC)nc1C. The van der Waals surface area contributed by atoms with Crippen LogP contribution in [0.4, 0.5) is 5.82 Å². The minimum Gasteiger partial charge on any atom is -0.357 e. The van der Waals surface area contributed by atoms with Crippen LogP contribution < -0.4 is 10.2 Å². The molecule has 3 nitrogen and oxygen atoms in total. The summed E-state index contributed by atoms with van der Waals surface area (Å²) in [5.74, 6) is 1.09. The molecule has 0 bridgehead atoms. The van der Waals surface area contributed by atoms with Crippen molar-refractivity contribution in [3.63, 3.8) is 0 Å². The first-order valence-electron chi connectivity index (χ1n) is 7.54. The maximum Gasteiger partial charge on any atom is 0.128 e. The van der Waals surface area contributed by atoms with Crippen molar-refractivity contribution in [2.45, 2.75) is 59.5 Å². The van der Waals surface area contributed by atoms with Crippen LogP contribution in [-0.2, 0) is 6.54 Å². The molecule has 0 amide bonds. The molecule has 0 unspecified atom stereocenters. The van der Waals surface area contributed by atoms with E-state index in [2.05, 4.69) is 57.1 Å². The Hall–Kier alpha value is -1.09. The molecule has 19 heavy (non-hydrogen) atoms. The normalized spacial score (nSPS) is 11.1. The number of rotatable bonds is 8. The Morgan fingerprint density at radius 1 is 1.21 bits per heavy atom. The number of nitrogens with one attached hydrogen (secondary N) is 1. The number of hydrogen-bond acceptors (Lipinski definition) is 3. The van der Waals surface area contributed by atoms with E-state index in [9.17, 15) is 0 Å². The van der Waals surface area contributed by atoms with Crippen molar-refractivity contribution in [1.82, 2.24) is 10.3 Å². The molecule has 108 valence electrons. The minimum absolute atomic E-state index is 0.580. The highest BCUT2D eigenvalue weighted by molar-refractivity contribution is 5.41. The second kappa shape index (κ2) is 8.16. The van der Waals surface area contributed by atoms with E-state index in [-0.39, 0.29) is 0 Å². The maximum atomic E-state index is 4.75. The molecular formula is C16H29N3. The van der Waals surface area contributed by atoms with Gasteiger partial charge in [-0.15, -0.1) is 0 Å². The third-order valence-corrected chi connectivity index (χ3v) is 3.77. The van der Waals surface area contributed by atoms with Gasteiger partial charge in [0, 0.05) is 25.3 Å². The largest absolute Gasteiger partial charge is 0.357 e. The smallest absolute Gasteiger partial charge is 0.128 e. The van der Waals surface area contributed by atoms with Crippen LogP contribution in [0.3, 0.4) is 0 Å². The molecule has 0 saturated carbocycles. The summed E-state index contributed by atoms with van der Waals surface area (Å²) in [5, 5.41) is 3.43. The molecule has 0 fully saturated rings. The Balaban J connectivity index is 2.75. The summed E-state index contributed by atoms with van der Waals surface area (Å²) in [6, 6.07) is 4.93. The molecule has 1 heterocycles. The van der Waals surface area contributed by atoms with E-state index in [4.69, 9.17) is 4.98 Å². The predicted molar refractivity (Wildman–Crippen MR) is 83.7 cm³/mol. The van der Waals surface area contributed by atoms with Gasteiger partial charge in [0.15, 0.2) is 0 Å². The Labute approximate surface area is 118 Å². The van der Waals surface area contributed by atoms with Crippen molar-refractivity contribution in [1.29, 1.82) is 0 Å². The fourth-order valence-electron chi connectivity index (χ4n) is 2.38. The van der Waals surface area contributed by atoms with Crippen LogP contribution >= 0.6 is 0 Å². The van der Waals surface area contributed by atoms with Crippen molar-refractivity contribution >= 4 is 5.82 Å². The molecule has 0 aliphatic heterocycles. The van der Waals surface area contributed by atoms with Gasteiger partial charge in [0.05, 0.1) is 0 Å². The minimum atomic E-state index is 0.580. The van der Waals surface area contributed by atoms with E-state index in [1.807, 2.05) is 0 Å². The summed E-state index contributed by atoms with van der Waals surface area (Å²) < 4.78 is 0. The van der Waals surface area contributed by atoms with E-state index in [1.54, 1.807) is 0 Å². The fraction of sp³-hybridized carbons (Fsp3) is 0.688. The lowest BCUT2D eigenvalue weighted by molar-refractivity contribution is 0.586. The highest BCUT2D eigenvalue weighted by atomic mass is 15.2. The molecule has 1 N–H and O–H groups in total. The summed E-state index contributed by atoms with van der Waals surface area (Å²) in [6.45, 7) is 10.7. The number of hydrogen-bond donors (Lipinski definition) is 1. The van der Waals surface area contributed by atoms with E-state index in [0.717, 1.165) is 37.4 Å². The van der Waals surface area contributed by atoms with Crippen LogP contribution in [0.25, 0.3) is 0 Å². The zero-order valence-corrected chi connectivity index (χ0v) is 13.2. The van der Waals surface area contributed by atoms with Gasteiger partial charge in [-0.1, -0.05) is 26.8 Å². The lowest BCUT2D eigenvalue weighted by Crippen LogP contribution is -2.31. The maximum absolute atomic E-state index is 4.75. The third kappa shape index (κ3) is 4.50. The second-order valence-electron chi connectivity index (χ2n) is 5.17. The monoisotopic (exact) mass is 263 g/mol. The summed E-state index contributed by atoms with van der Waals surface area (Å²) in [7, 11) is 2.15. The van der Waals surface area contributed by atoms with Crippen LogP contribution in [0.2, 0.25) is 0 Å². The molecule has 1 aromatic heterocycles. The molecule has 0 radical (unpaired) electrons. The van der Waals surface area contributed by atoms with Crippen molar-refractivity contribution in [2.24, 2.45) is 0 Å². The third-order valence-electron chi connectivity index (χ3n) is 3.77. The van der Waals surface area contributed by atoms with Crippen LogP contribution in [-0.4, -0.2) is 24.6 Å². The van der Waals surface area contributed by atoms with Crippen LogP contribution in [0.15, 0.2) is 12.1 Å². The van der Waals surface area contributed by atoms with Crippen molar-refractivity contribution in [2.75, 3.05) is 18.5 Å². The standard InChI is InChI=1S/C16H29N3/c1-6-11-17-12-14-9-10-16(18-13(14)4)19(5)15(7-2)8-3/h9-10,15,17H,6-8,11-12H2,1-5H3. The van der Waals surface area contributed by atoms with Crippen molar-refractivity contribution in [3.8, 4) is 0 Å². The molecule has 0 spiro atoms. The lowest BCUT2D eigenvalue weighted by atomic mass is 10.1. The van der Waals surface area contributed by atoms with Gasteiger partial charge in [-0.05, 0) is 44.4 Å². The topological polar surface area (TPSA) is 28.2 Å². The van der Waals surface area contributed by atoms with Gasteiger partial charge >= 0.3 is 0 Å². The fourth-order valence-corrected chi connectivity index (χ4v) is 2.38. The van der Waals surface area contributed by atoms with E-state index >= 15 is 0 Å². The molecular weight excluding hydrogens is 234 g/mol. The van der Waals surface area contributed by atoms with Crippen molar-refractivity contribution in [3.05, 3.63) is 23.4 Å².